The highest BCUT2D eigenvalue weighted by molar-refractivity contribution is 7.79. The van der Waals surface area contributed by atoms with E-state index in [0.29, 0.717) is 23.4 Å². The van der Waals surface area contributed by atoms with Crippen molar-refractivity contribution >= 4 is 53.4 Å². The first kappa shape index (κ1) is 22.6. The summed E-state index contributed by atoms with van der Waals surface area (Å²) in [5.74, 6) is -0.538. The molecule has 7 heteroatoms. The molecule has 0 saturated heterocycles. The van der Waals surface area contributed by atoms with Crippen LogP contribution in [-0.4, -0.2) is 28.7 Å². The number of carbonyl (C=O) groups excluding carboxylic acids is 1. The average molecular weight is 496 g/mol. The summed E-state index contributed by atoms with van der Waals surface area (Å²) in [7, 11) is 0. The molecule has 180 valence electrons. The van der Waals surface area contributed by atoms with Gasteiger partial charge in [0.15, 0.2) is 5.71 Å². The van der Waals surface area contributed by atoms with Gasteiger partial charge < -0.3 is 10.0 Å². The van der Waals surface area contributed by atoms with Crippen LogP contribution in [0.1, 0.15) is 41.9 Å². The predicted molar refractivity (Wildman–Crippen MR) is 145 cm³/mol. The third kappa shape index (κ3) is 3.71. The first-order valence-electron chi connectivity index (χ1n) is 12.1. The topological polar surface area (TPSA) is 73.2 Å². The van der Waals surface area contributed by atoms with Gasteiger partial charge in [-0.2, -0.15) is 22.7 Å². The lowest BCUT2D eigenvalue weighted by Gasteiger charge is -2.27. The van der Waals surface area contributed by atoms with Crippen molar-refractivity contribution in [2.45, 2.75) is 37.0 Å². The minimum atomic E-state index is -1.22. The van der Waals surface area contributed by atoms with Crippen LogP contribution in [0.3, 0.4) is 0 Å². The van der Waals surface area contributed by atoms with Crippen molar-refractivity contribution in [2.75, 3.05) is 9.91 Å². The number of para-hydroxylation sites is 1. The quantitative estimate of drug-likeness (QED) is 0.348. The number of fused-ring (bicyclic) bond motifs is 3. The molecule has 36 heavy (non-hydrogen) atoms. The number of hydrazone groups is 1. The van der Waals surface area contributed by atoms with Gasteiger partial charge in [-0.3, -0.25) is 4.79 Å². The molecule has 0 radical (unpaired) electrons. The lowest BCUT2D eigenvalue weighted by molar-refractivity contribution is -0.129. The van der Waals surface area contributed by atoms with Crippen LogP contribution in [0, 0.1) is 0 Å². The van der Waals surface area contributed by atoms with Crippen LogP contribution in [0.25, 0.3) is 6.08 Å². The van der Waals surface area contributed by atoms with E-state index in [2.05, 4.69) is 59.0 Å². The normalized spacial score (nSPS) is 21.6. The van der Waals surface area contributed by atoms with E-state index in [1.165, 1.54) is 28.9 Å². The number of carbonyl (C=O) groups is 2. The third-order valence-corrected chi connectivity index (χ3v) is 7.68. The summed E-state index contributed by atoms with van der Waals surface area (Å²) >= 11 is 4.38. The molecule has 1 amide bonds. The summed E-state index contributed by atoms with van der Waals surface area (Å²) in [6, 6.07) is 24.0. The summed E-state index contributed by atoms with van der Waals surface area (Å²) in [6.07, 6.45) is 5.08. The van der Waals surface area contributed by atoms with Crippen LogP contribution in [0.2, 0.25) is 0 Å². The second kappa shape index (κ2) is 8.99. The molecule has 3 aromatic carbocycles. The highest BCUT2D eigenvalue weighted by Crippen LogP contribution is 2.52. The monoisotopic (exact) mass is 495 g/mol. The van der Waals surface area contributed by atoms with E-state index in [4.69, 9.17) is 0 Å². The van der Waals surface area contributed by atoms with Crippen molar-refractivity contribution in [1.29, 1.82) is 0 Å². The van der Waals surface area contributed by atoms with Crippen molar-refractivity contribution in [3.05, 3.63) is 95.1 Å². The van der Waals surface area contributed by atoms with Crippen LogP contribution in [0.15, 0.2) is 83.5 Å². The Balaban J connectivity index is 1.38. The Bertz CT molecular complexity index is 1420. The summed E-state index contributed by atoms with van der Waals surface area (Å²) in [4.78, 5) is 27.6. The van der Waals surface area contributed by atoms with Crippen LogP contribution in [0.4, 0.5) is 17.1 Å². The van der Waals surface area contributed by atoms with E-state index < -0.39 is 11.9 Å². The molecule has 2 heterocycles. The smallest absolute Gasteiger partial charge is 0.357 e. The lowest BCUT2D eigenvalue weighted by Crippen LogP contribution is -2.26. The Morgan fingerprint density at radius 2 is 1.81 bits per heavy atom. The standard InChI is InChI=1S/C29H25N3O3S/c33-28-24(27(29(34)35)30-32(28)21-5-2-1-3-6-21)16-19-11-14-26-23(15-19)22-7-4-8-25(22)31(26)20-12-9-18(17-36)10-13-20/h1-3,5-6,9-16,22,25,36H,4,7-8,17H2,(H,34,35)/b24-16-. The van der Waals surface area contributed by atoms with Crippen molar-refractivity contribution in [3.63, 3.8) is 0 Å². The Morgan fingerprint density at radius 1 is 1.03 bits per heavy atom. The van der Waals surface area contributed by atoms with Gasteiger partial charge in [0.2, 0.25) is 0 Å². The van der Waals surface area contributed by atoms with Gasteiger partial charge in [-0.25, -0.2) is 4.79 Å². The molecule has 1 N–H and O–H groups in total. The van der Waals surface area contributed by atoms with Gasteiger partial charge in [0, 0.05) is 29.1 Å². The van der Waals surface area contributed by atoms with Gasteiger partial charge in [-0.1, -0.05) is 42.8 Å². The predicted octanol–water partition coefficient (Wildman–Crippen LogP) is 5.78. The minimum absolute atomic E-state index is 0.0893. The highest BCUT2D eigenvalue weighted by Gasteiger charge is 2.42. The molecule has 3 aliphatic rings. The summed E-state index contributed by atoms with van der Waals surface area (Å²) in [6.45, 7) is 0. The SMILES string of the molecule is O=C(O)C1=NN(c2ccccc2)C(=O)/C1=C\c1ccc2c(c1)C1CCCC1N2c1ccc(CS)cc1. The Labute approximate surface area is 215 Å². The number of thiol groups is 1. The van der Waals surface area contributed by atoms with Crippen LogP contribution >= 0.6 is 12.6 Å². The molecule has 0 bridgehead atoms. The van der Waals surface area contributed by atoms with Crippen molar-refractivity contribution in [2.24, 2.45) is 5.10 Å². The maximum atomic E-state index is 13.2. The molecular weight excluding hydrogens is 470 g/mol. The van der Waals surface area contributed by atoms with Gasteiger partial charge in [-0.15, -0.1) is 0 Å². The summed E-state index contributed by atoms with van der Waals surface area (Å²) < 4.78 is 0. The fraction of sp³-hybridized carbons (Fsp3) is 0.207. The molecule has 1 fully saturated rings. The second-order valence-electron chi connectivity index (χ2n) is 9.38. The Morgan fingerprint density at radius 3 is 2.53 bits per heavy atom. The number of rotatable bonds is 5. The zero-order chi connectivity index (χ0) is 24.8. The number of amides is 1. The molecule has 2 unspecified atom stereocenters. The van der Waals surface area contributed by atoms with Crippen molar-refractivity contribution < 1.29 is 14.7 Å². The number of nitrogens with zero attached hydrogens (tertiary/aromatic N) is 3. The molecule has 0 aromatic heterocycles. The van der Waals surface area contributed by atoms with E-state index in [1.54, 1.807) is 30.3 Å². The number of hydrogen-bond acceptors (Lipinski definition) is 5. The highest BCUT2D eigenvalue weighted by atomic mass is 32.1. The maximum absolute atomic E-state index is 13.2. The first-order valence-corrected chi connectivity index (χ1v) is 12.7. The molecule has 6 rings (SSSR count). The van der Waals surface area contributed by atoms with Gasteiger partial charge in [0.05, 0.1) is 11.3 Å². The number of aliphatic carboxylic acids is 1. The van der Waals surface area contributed by atoms with Gasteiger partial charge >= 0.3 is 5.97 Å². The molecule has 2 atom stereocenters. The second-order valence-corrected chi connectivity index (χ2v) is 9.70. The molecule has 1 saturated carbocycles. The maximum Gasteiger partial charge on any atom is 0.357 e. The zero-order valence-corrected chi connectivity index (χ0v) is 20.4. The van der Waals surface area contributed by atoms with Crippen LogP contribution in [-0.2, 0) is 15.3 Å². The van der Waals surface area contributed by atoms with Gasteiger partial charge in [0.25, 0.3) is 5.91 Å². The number of hydrogen-bond donors (Lipinski definition) is 2. The fourth-order valence-electron chi connectivity index (χ4n) is 5.68. The number of anilines is 3. The van der Waals surface area contributed by atoms with Gasteiger partial charge in [0.1, 0.15) is 0 Å². The van der Waals surface area contributed by atoms with E-state index in [1.807, 2.05) is 12.1 Å². The zero-order valence-electron chi connectivity index (χ0n) is 19.5. The van der Waals surface area contributed by atoms with Crippen LogP contribution < -0.4 is 9.91 Å². The average Bonchev–Trinajstić information content (AvgIpc) is 3.58. The largest absolute Gasteiger partial charge is 0.476 e. The molecule has 3 aromatic rings. The van der Waals surface area contributed by atoms with E-state index in [9.17, 15) is 14.7 Å². The van der Waals surface area contributed by atoms with Crippen molar-refractivity contribution in [1.82, 2.24) is 0 Å². The van der Waals surface area contributed by atoms with Gasteiger partial charge in [-0.05, 0) is 72.0 Å². The van der Waals surface area contributed by atoms with E-state index in [-0.39, 0.29) is 11.3 Å². The molecule has 6 nitrogen and oxygen atoms in total. The number of carboxylic acid groups (broad SMARTS) is 1. The Hall–Kier alpha value is -3.84. The van der Waals surface area contributed by atoms with Crippen LogP contribution in [0.5, 0.6) is 0 Å². The number of benzene rings is 3. The molecular formula is C29H25N3O3S. The molecule has 1 aliphatic carbocycles. The summed E-state index contributed by atoms with van der Waals surface area (Å²) in [5.41, 5.74) is 5.98. The molecule has 0 spiro atoms. The lowest BCUT2D eigenvalue weighted by atomic mass is 9.95. The van der Waals surface area contributed by atoms with E-state index in [0.717, 1.165) is 23.4 Å². The molecule has 2 aliphatic heterocycles. The number of carboxylic acids is 1. The summed E-state index contributed by atoms with van der Waals surface area (Å²) in [5, 5.41) is 15.0. The third-order valence-electron chi connectivity index (χ3n) is 7.31. The van der Waals surface area contributed by atoms with Crippen molar-refractivity contribution in [3.8, 4) is 0 Å². The van der Waals surface area contributed by atoms with E-state index >= 15 is 0 Å². The minimum Gasteiger partial charge on any atom is -0.476 e. The Kier molecular flexibility index (Phi) is 5.64. The first-order chi connectivity index (χ1) is 17.5. The fourth-order valence-corrected chi connectivity index (χ4v) is 5.89.